The number of pyridine rings is 2. The molecule has 0 bridgehead atoms. The van der Waals surface area contributed by atoms with E-state index in [0.717, 1.165) is 39.4 Å². The summed E-state index contributed by atoms with van der Waals surface area (Å²) in [5, 5.41) is 0.0438. The largest absolute Gasteiger partial charge is 0.383 e. The Balaban J connectivity index is 1.02. The van der Waals surface area contributed by atoms with E-state index in [9.17, 15) is 14.0 Å². The number of primary amides is 1. The molecule has 7 aromatic rings. The lowest BCUT2D eigenvalue weighted by atomic mass is 10.1. The number of halogens is 1. The standard InChI is InChI=1S/C37H30FN9O2S/c38-24-19-27(31-30(20-24)44-36(50-31)33(40)48)37(49)46-17-15-45(16-18-46)21-22-8-10-25(11-9-22)47-34(26-7-4-14-41-32(26)39)43-29-13-12-28(42-35(29)47)23-5-2-1-3-6-23/h1-14,19-20H,15-18,21H2,(H2,39,41)(H2,40,48). The van der Waals surface area contributed by atoms with Crippen LogP contribution in [0.2, 0.25) is 0 Å². The molecule has 1 aliphatic heterocycles. The minimum absolute atomic E-state index is 0.0438. The number of benzene rings is 3. The predicted octanol–water partition coefficient (Wildman–Crippen LogP) is 5.54. The van der Waals surface area contributed by atoms with Crippen LogP contribution in [0.15, 0.2) is 97.2 Å². The number of nitrogen functional groups attached to an aromatic ring is 1. The smallest absolute Gasteiger partial charge is 0.277 e. The number of imidazole rings is 1. The normalized spacial score (nSPS) is 13.7. The molecule has 0 atom stereocenters. The zero-order valence-corrected chi connectivity index (χ0v) is 27.5. The second-order valence-corrected chi connectivity index (χ2v) is 13.0. The summed E-state index contributed by atoms with van der Waals surface area (Å²) >= 11 is 1.01. The van der Waals surface area contributed by atoms with Crippen LogP contribution in [0.5, 0.6) is 0 Å². The van der Waals surface area contributed by atoms with Crippen LogP contribution in [0.3, 0.4) is 0 Å². The SMILES string of the molecule is NC(=O)c1nc2cc(F)cc(C(=O)N3CCN(Cc4ccc(-n5c(-c6cccnc6N)nc6ccc(-c7ccccc7)nc65)cc4)CC3)c2s1. The quantitative estimate of drug-likeness (QED) is 0.223. The van der Waals surface area contributed by atoms with E-state index < -0.39 is 11.7 Å². The van der Waals surface area contributed by atoms with Crippen LogP contribution in [-0.4, -0.2) is 72.3 Å². The van der Waals surface area contributed by atoms with Gasteiger partial charge in [-0.25, -0.2) is 24.3 Å². The second kappa shape index (κ2) is 12.8. The fourth-order valence-electron chi connectivity index (χ4n) is 6.31. The van der Waals surface area contributed by atoms with Crippen molar-refractivity contribution in [2.24, 2.45) is 5.73 Å². The fourth-order valence-corrected chi connectivity index (χ4v) is 7.21. The number of hydrogen-bond acceptors (Lipinski definition) is 9. The molecule has 8 rings (SSSR count). The van der Waals surface area contributed by atoms with Crippen molar-refractivity contribution in [3.05, 3.63) is 119 Å². The number of piperazine rings is 1. The molecule has 0 saturated carbocycles. The van der Waals surface area contributed by atoms with E-state index in [2.05, 4.69) is 27.0 Å². The minimum Gasteiger partial charge on any atom is -0.383 e. The van der Waals surface area contributed by atoms with Crippen LogP contribution in [0.1, 0.15) is 25.7 Å². The highest BCUT2D eigenvalue weighted by Gasteiger charge is 2.26. The predicted molar refractivity (Wildman–Crippen MR) is 191 cm³/mol. The van der Waals surface area contributed by atoms with Gasteiger partial charge in [-0.3, -0.25) is 19.1 Å². The molecule has 1 fully saturated rings. The lowest BCUT2D eigenvalue weighted by Gasteiger charge is -2.35. The first-order chi connectivity index (χ1) is 24.3. The summed E-state index contributed by atoms with van der Waals surface area (Å²) in [5.74, 6) is -0.559. The molecule has 0 aliphatic carbocycles. The van der Waals surface area contributed by atoms with E-state index in [4.69, 9.17) is 21.4 Å². The summed E-state index contributed by atoms with van der Waals surface area (Å²) in [6, 6.07) is 28.4. The topological polar surface area (TPSA) is 149 Å². The summed E-state index contributed by atoms with van der Waals surface area (Å²) < 4.78 is 16.9. The van der Waals surface area contributed by atoms with Crippen molar-refractivity contribution in [3.63, 3.8) is 0 Å². The minimum atomic E-state index is -0.711. The number of anilines is 1. The molecular formula is C37H30FN9O2S. The third-order valence-electron chi connectivity index (χ3n) is 8.81. The van der Waals surface area contributed by atoms with Crippen molar-refractivity contribution in [2.75, 3.05) is 31.9 Å². The highest BCUT2D eigenvalue weighted by Crippen LogP contribution is 2.32. The number of nitrogens with zero attached hydrogens (tertiary/aromatic N) is 7. The summed E-state index contributed by atoms with van der Waals surface area (Å²) in [7, 11) is 0. The van der Waals surface area contributed by atoms with Crippen molar-refractivity contribution >= 4 is 50.3 Å². The van der Waals surface area contributed by atoms with Gasteiger partial charge in [-0.15, -0.1) is 11.3 Å². The Morgan fingerprint density at radius 1 is 0.840 bits per heavy atom. The molecule has 11 nitrogen and oxygen atoms in total. The zero-order chi connectivity index (χ0) is 34.4. The lowest BCUT2D eigenvalue weighted by Crippen LogP contribution is -2.48. The van der Waals surface area contributed by atoms with Crippen molar-refractivity contribution in [2.45, 2.75) is 6.54 Å². The first-order valence-corrected chi connectivity index (χ1v) is 16.8. The number of carbonyl (C=O) groups is 2. The summed E-state index contributed by atoms with van der Waals surface area (Å²) in [6.07, 6.45) is 1.66. The van der Waals surface area contributed by atoms with Crippen molar-refractivity contribution in [1.29, 1.82) is 0 Å². The van der Waals surface area contributed by atoms with Gasteiger partial charge in [-0.05, 0) is 48.0 Å². The maximum absolute atomic E-state index is 14.4. The molecule has 0 unspecified atom stereocenters. The van der Waals surface area contributed by atoms with E-state index >= 15 is 0 Å². The van der Waals surface area contributed by atoms with E-state index in [1.165, 1.54) is 12.1 Å². The molecule has 4 aromatic heterocycles. The fraction of sp³-hybridized carbons (Fsp3) is 0.135. The number of thiazole rings is 1. The molecule has 4 N–H and O–H groups in total. The first kappa shape index (κ1) is 31.2. The van der Waals surface area contributed by atoms with Crippen molar-refractivity contribution < 1.29 is 14.0 Å². The summed E-state index contributed by atoms with van der Waals surface area (Å²) in [4.78, 5) is 47.5. The Hall–Kier alpha value is -6.05. The molecular weight excluding hydrogens is 654 g/mol. The molecule has 2 amide bonds. The number of aromatic nitrogens is 5. The van der Waals surface area contributed by atoms with Crippen LogP contribution in [0.25, 0.3) is 49.7 Å². The highest BCUT2D eigenvalue weighted by molar-refractivity contribution is 7.20. The van der Waals surface area contributed by atoms with Gasteiger partial charge in [0.15, 0.2) is 16.5 Å². The Bertz CT molecular complexity index is 2400. The van der Waals surface area contributed by atoms with Gasteiger partial charge in [0.05, 0.1) is 27.0 Å². The molecule has 5 heterocycles. The number of nitrogens with two attached hydrogens (primary N) is 2. The summed E-state index contributed by atoms with van der Waals surface area (Å²) in [6.45, 7) is 2.92. The van der Waals surface area contributed by atoms with Gasteiger partial charge in [0.2, 0.25) is 0 Å². The van der Waals surface area contributed by atoms with Gasteiger partial charge in [-0.2, -0.15) is 0 Å². The average Bonchev–Trinajstić information content (AvgIpc) is 3.74. The molecule has 1 saturated heterocycles. The first-order valence-electron chi connectivity index (χ1n) is 16.0. The average molecular weight is 684 g/mol. The van der Waals surface area contributed by atoms with Crippen LogP contribution >= 0.6 is 11.3 Å². The molecule has 0 spiro atoms. The van der Waals surface area contributed by atoms with Crippen LogP contribution in [0.4, 0.5) is 10.2 Å². The van der Waals surface area contributed by atoms with E-state index in [1.807, 2.05) is 71.3 Å². The van der Waals surface area contributed by atoms with Crippen LogP contribution in [-0.2, 0) is 6.54 Å². The third-order valence-corrected chi connectivity index (χ3v) is 9.93. The molecule has 50 heavy (non-hydrogen) atoms. The summed E-state index contributed by atoms with van der Waals surface area (Å²) in [5.41, 5.74) is 18.1. The number of hydrogen-bond donors (Lipinski definition) is 2. The van der Waals surface area contributed by atoms with Gasteiger partial charge >= 0.3 is 0 Å². The van der Waals surface area contributed by atoms with E-state index in [-0.39, 0.29) is 22.0 Å². The third kappa shape index (κ3) is 5.82. The number of fused-ring (bicyclic) bond motifs is 2. The lowest BCUT2D eigenvalue weighted by molar-refractivity contribution is 0.0630. The van der Waals surface area contributed by atoms with Gasteiger partial charge < -0.3 is 16.4 Å². The van der Waals surface area contributed by atoms with Crippen molar-refractivity contribution in [3.8, 4) is 28.3 Å². The molecule has 3 aromatic carbocycles. The number of carbonyl (C=O) groups excluding carboxylic acids is 2. The van der Waals surface area contributed by atoms with Crippen LogP contribution in [0, 0.1) is 5.82 Å². The monoisotopic (exact) mass is 683 g/mol. The molecule has 1 aliphatic rings. The Morgan fingerprint density at radius 3 is 2.36 bits per heavy atom. The van der Waals surface area contributed by atoms with Crippen LogP contribution < -0.4 is 11.5 Å². The van der Waals surface area contributed by atoms with Crippen molar-refractivity contribution in [1.82, 2.24) is 34.3 Å². The zero-order valence-electron chi connectivity index (χ0n) is 26.7. The maximum atomic E-state index is 14.4. The van der Waals surface area contributed by atoms with E-state index in [1.54, 1.807) is 11.1 Å². The van der Waals surface area contributed by atoms with E-state index in [0.29, 0.717) is 60.3 Å². The van der Waals surface area contributed by atoms with Gasteiger partial charge in [0.25, 0.3) is 11.8 Å². The number of rotatable bonds is 7. The Kier molecular flexibility index (Phi) is 7.97. The Labute approximate surface area is 289 Å². The second-order valence-electron chi connectivity index (χ2n) is 12.0. The number of amides is 2. The molecule has 0 radical (unpaired) electrons. The Morgan fingerprint density at radius 2 is 1.62 bits per heavy atom. The maximum Gasteiger partial charge on any atom is 0.277 e. The highest BCUT2D eigenvalue weighted by atomic mass is 32.1. The van der Waals surface area contributed by atoms with Gasteiger partial charge in [0.1, 0.15) is 17.2 Å². The molecule has 13 heteroatoms. The van der Waals surface area contributed by atoms with Gasteiger partial charge in [0, 0.05) is 56.2 Å². The van der Waals surface area contributed by atoms with Gasteiger partial charge in [-0.1, -0.05) is 42.5 Å². The molecule has 248 valence electrons.